The van der Waals surface area contributed by atoms with Gasteiger partial charge in [-0.05, 0) is 30.4 Å². The molecular weight excluding hydrogens is 266 g/mol. The number of ether oxygens (including phenoxy) is 1. The number of halogens is 1. The van der Waals surface area contributed by atoms with Crippen LogP contribution in [0.2, 0.25) is 5.02 Å². The van der Waals surface area contributed by atoms with Crippen molar-refractivity contribution < 1.29 is 9.66 Å². The molecule has 0 heterocycles. The Labute approximate surface area is 117 Å². The second kappa shape index (κ2) is 6.87. The fourth-order valence-electron chi connectivity index (χ4n) is 2.49. The summed E-state index contributed by atoms with van der Waals surface area (Å²) < 4.78 is 5.67. The summed E-state index contributed by atoms with van der Waals surface area (Å²) in [5.41, 5.74) is 0.743. The maximum atomic E-state index is 10.8. The molecule has 1 aromatic rings. The zero-order valence-corrected chi connectivity index (χ0v) is 11.6. The topological polar surface area (TPSA) is 52.4 Å². The molecule has 5 heteroatoms. The van der Waals surface area contributed by atoms with E-state index >= 15 is 0 Å². The van der Waals surface area contributed by atoms with E-state index in [1.165, 1.54) is 38.2 Å². The van der Waals surface area contributed by atoms with Crippen molar-refractivity contribution in [2.24, 2.45) is 5.92 Å². The Morgan fingerprint density at radius 1 is 1.32 bits per heavy atom. The van der Waals surface area contributed by atoms with Gasteiger partial charge in [-0.25, -0.2) is 0 Å². The second-order valence-electron chi connectivity index (χ2n) is 5.06. The van der Waals surface area contributed by atoms with Gasteiger partial charge in [0.2, 0.25) is 0 Å². The molecule has 0 unspecified atom stereocenters. The van der Waals surface area contributed by atoms with E-state index in [1.807, 2.05) is 0 Å². The maximum absolute atomic E-state index is 10.8. The van der Waals surface area contributed by atoms with Crippen molar-refractivity contribution >= 4 is 17.3 Å². The van der Waals surface area contributed by atoms with E-state index < -0.39 is 4.92 Å². The summed E-state index contributed by atoms with van der Waals surface area (Å²) in [6.07, 6.45) is 6.39. The third-order valence-electron chi connectivity index (χ3n) is 3.55. The van der Waals surface area contributed by atoms with E-state index in [0.29, 0.717) is 12.5 Å². The fraction of sp³-hybridized carbons (Fsp3) is 0.571. The van der Waals surface area contributed by atoms with E-state index in [9.17, 15) is 10.1 Å². The van der Waals surface area contributed by atoms with E-state index in [1.54, 1.807) is 12.1 Å². The van der Waals surface area contributed by atoms with Crippen LogP contribution in [0.3, 0.4) is 0 Å². The number of benzene rings is 1. The minimum Gasteiger partial charge on any atom is -0.376 e. The summed E-state index contributed by atoms with van der Waals surface area (Å²) in [5.74, 6) is 0.649. The molecule has 4 nitrogen and oxygen atoms in total. The average Bonchev–Trinajstić information content (AvgIpc) is 2.41. The largest absolute Gasteiger partial charge is 0.376 e. The molecule has 19 heavy (non-hydrogen) atoms. The zero-order chi connectivity index (χ0) is 13.7. The molecular formula is C14H18ClNO3. The van der Waals surface area contributed by atoms with Crippen molar-refractivity contribution in [3.05, 3.63) is 38.9 Å². The maximum Gasteiger partial charge on any atom is 0.288 e. The minimum atomic E-state index is -0.465. The molecule has 0 aliphatic heterocycles. The molecule has 1 saturated carbocycles. The first-order valence-corrected chi connectivity index (χ1v) is 7.05. The van der Waals surface area contributed by atoms with Crippen LogP contribution < -0.4 is 0 Å². The Morgan fingerprint density at radius 2 is 2.05 bits per heavy atom. The molecule has 0 spiro atoms. The first-order valence-electron chi connectivity index (χ1n) is 6.67. The van der Waals surface area contributed by atoms with Crippen molar-refractivity contribution in [1.82, 2.24) is 0 Å². The molecule has 0 atom stereocenters. The Morgan fingerprint density at radius 3 is 2.74 bits per heavy atom. The van der Waals surface area contributed by atoms with Gasteiger partial charge < -0.3 is 4.74 Å². The van der Waals surface area contributed by atoms with E-state index in [0.717, 1.165) is 12.2 Å². The van der Waals surface area contributed by atoms with Crippen LogP contribution in [0.4, 0.5) is 5.69 Å². The third kappa shape index (κ3) is 4.18. The number of nitrogens with zero attached hydrogens (tertiary/aromatic N) is 1. The molecule has 1 aliphatic rings. The highest BCUT2D eigenvalue weighted by atomic mass is 35.5. The van der Waals surface area contributed by atoms with Crippen LogP contribution in [0, 0.1) is 16.0 Å². The summed E-state index contributed by atoms with van der Waals surface area (Å²) in [7, 11) is 0. The van der Waals surface area contributed by atoms with Crippen molar-refractivity contribution in [1.29, 1.82) is 0 Å². The predicted molar refractivity (Wildman–Crippen MR) is 74.3 cm³/mol. The molecule has 0 bridgehead atoms. The summed E-state index contributed by atoms with van der Waals surface area (Å²) in [6.45, 7) is 1.16. The highest BCUT2D eigenvalue weighted by Gasteiger charge is 2.15. The van der Waals surface area contributed by atoms with Crippen LogP contribution in [0.25, 0.3) is 0 Å². The highest BCUT2D eigenvalue weighted by Crippen LogP contribution is 2.26. The summed E-state index contributed by atoms with van der Waals surface area (Å²) >= 11 is 5.76. The Hall–Kier alpha value is -1.13. The lowest BCUT2D eigenvalue weighted by Crippen LogP contribution is -2.13. The Kier molecular flexibility index (Phi) is 5.16. The van der Waals surface area contributed by atoms with Crippen LogP contribution in [-0.2, 0) is 11.3 Å². The molecule has 0 aromatic heterocycles. The number of rotatable bonds is 5. The van der Waals surface area contributed by atoms with Crippen molar-refractivity contribution in [3.8, 4) is 0 Å². The number of nitro groups is 1. The van der Waals surface area contributed by atoms with Crippen LogP contribution >= 0.6 is 11.6 Å². The van der Waals surface area contributed by atoms with Gasteiger partial charge in [0, 0.05) is 12.7 Å². The molecule has 104 valence electrons. The van der Waals surface area contributed by atoms with Gasteiger partial charge in [-0.2, -0.15) is 0 Å². The summed E-state index contributed by atoms with van der Waals surface area (Å²) in [5, 5.41) is 10.9. The summed E-state index contributed by atoms with van der Waals surface area (Å²) in [6, 6.07) is 4.82. The van der Waals surface area contributed by atoms with Crippen molar-refractivity contribution in [2.45, 2.75) is 38.7 Å². The predicted octanol–water partition coefficient (Wildman–Crippen LogP) is 4.35. The molecule has 0 saturated heterocycles. The molecule has 0 amide bonds. The van der Waals surface area contributed by atoms with Gasteiger partial charge in [-0.3, -0.25) is 10.1 Å². The highest BCUT2D eigenvalue weighted by molar-refractivity contribution is 6.32. The number of hydrogen-bond donors (Lipinski definition) is 0. The number of nitro benzene ring substituents is 1. The van der Waals surface area contributed by atoms with Gasteiger partial charge in [0.05, 0.1) is 11.5 Å². The molecule has 1 fully saturated rings. The standard InChI is InChI=1S/C14H18ClNO3/c15-13-7-6-12(8-14(13)16(17)18)10-19-9-11-4-2-1-3-5-11/h6-8,11H,1-5,9-10H2. The van der Waals surface area contributed by atoms with Gasteiger partial charge in [0.25, 0.3) is 5.69 Å². The van der Waals surface area contributed by atoms with Gasteiger partial charge in [0.15, 0.2) is 0 Å². The molecule has 2 rings (SSSR count). The monoisotopic (exact) mass is 283 g/mol. The van der Waals surface area contributed by atoms with Crippen LogP contribution in [-0.4, -0.2) is 11.5 Å². The molecule has 0 radical (unpaired) electrons. The van der Waals surface area contributed by atoms with E-state index in [-0.39, 0.29) is 10.7 Å². The second-order valence-corrected chi connectivity index (χ2v) is 5.47. The van der Waals surface area contributed by atoms with Gasteiger partial charge in [0.1, 0.15) is 5.02 Å². The normalized spacial score (nSPS) is 16.5. The quantitative estimate of drug-likeness (QED) is 0.596. The Bertz CT molecular complexity index is 444. The smallest absolute Gasteiger partial charge is 0.288 e. The lowest BCUT2D eigenvalue weighted by Gasteiger charge is -2.21. The van der Waals surface area contributed by atoms with Crippen molar-refractivity contribution in [2.75, 3.05) is 6.61 Å². The van der Waals surface area contributed by atoms with Gasteiger partial charge >= 0.3 is 0 Å². The number of hydrogen-bond acceptors (Lipinski definition) is 3. The zero-order valence-electron chi connectivity index (χ0n) is 10.8. The van der Waals surface area contributed by atoms with Crippen LogP contribution in [0.5, 0.6) is 0 Å². The lowest BCUT2D eigenvalue weighted by molar-refractivity contribution is -0.384. The first kappa shape index (κ1) is 14.3. The summed E-state index contributed by atoms with van der Waals surface area (Å²) in [4.78, 5) is 10.3. The average molecular weight is 284 g/mol. The fourth-order valence-corrected chi connectivity index (χ4v) is 2.67. The lowest BCUT2D eigenvalue weighted by atomic mass is 9.90. The van der Waals surface area contributed by atoms with Gasteiger partial charge in [-0.15, -0.1) is 0 Å². The first-order chi connectivity index (χ1) is 9.16. The molecule has 0 N–H and O–H groups in total. The Balaban J connectivity index is 1.85. The SMILES string of the molecule is O=[N+]([O-])c1cc(COCC2CCCCC2)ccc1Cl. The van der Waals surface area contributed by atoms with Crippen LogP contribution in [0.1, 0.15) is 37.7 Å². The van der Waals surface area contributed by atoms with Crippen molar-refractivity contribution in [3.63, 3.8) is 0 Å². The van der Waals surface area contributed by atoms with E-state index in [4.69, 9.17) is 16.3 Å². The molecule has 1 aromatic carbocycles. The van der Waals surface area contributed by atoms with Crippen LogP contribution in [0.15, 0.2) is 18.2 Å². The third-order valence-corrected chi connectivity index (χ3v) is 3.87. The molecule has 1 aliphatic carbocycles. The minimum absolute atomic E-state index is 0.0552. The van der Waals surface area contributed by atoms with Gasteiger partial charge in [-0.1, -0.05) is 36.9 Å². The van der Waals surface area contributed by atoms with E-state index in [2.05, 4.69) is 0 Å².